The normalized spacial score (nSPS) is 14.1. The first-order chi connectivity index (χ1) is 7.66. The van der Waals surface area contributed by atoms with Gasteiger partial charge in [-0.05, 0) is 48.9 Å². The molecule has 0 saturated carbocycles. The minimum atomic E-state index is -0.323. The van der Waals surface area contributed by atoms with Gasteiger partial charge < -0.3 is 9.64 Å². The summed E-state index contributed by atoms with van der Waals surface area (Å²) in [5.74, 6) is 0.652. The van der Waals surface area contributed by atoms with E-state index in [4.69, 9.17) is 4.74 Å². The fourth-order valence-electron chi connectivity index (χ4n) is 1.97. The van der Waals surface area contributed by atoms with Gasteiger partial charge in [0, 0.05) is 14.1 Å². The standard InChI is InChI=1S/C13H17NO2/c1-14(2)13(15)16-12-8-7-10-5-3-4-6-11(10)9-12/h7-9H,3-6H2,1-2H3. The fourth-order valence-corrected chi connectivity index (χ4v) is 1.97. The van der Waals surface area contributed by atoms with Gasteiger partial charge in [-0.15, -0.1) is 0 Å². The van der Waals surface area contributed by atoms with Crippen molar-refractivity contribution in [1.82, 2.24) is 4.90 Å². The van der Waals surface area contributed by atoms with Crippen LogP contribution in [0.4, 0.5) is 4.79 Å². The van der Waals surface area contributed by atoms with Gasteiger partial charge in [-0.1, -0.05) is 6.07 Å². The minimum Gasteiger partial charge on any atom is -0.410 e. The SMILES string of the molecule is CN(C)C(=O)Oc1ccc2c(c1)CCCC2. The number of carbonyl (C=O) groups excluding carboxylic acids is 1. The van der Waals surface area contributed by atoms with E-state index in [9.17, 15) is 4.79 Å². The zero-order valence-electron chi connectivity index (χ0n) is 9.82. The number of nitrogens with zero attached hydrogens (tertiary/aromatic N) is 1. The molecule has 3 nitrogen and oxygen atoms in total. The molecule has 0 radical (unpaired) electrons. The molecule has 0 N–H and O–H groups in total. The summed E-state index contributed by atoms with van der Waals surface area (Å²) in [6, 6.07) is 5.95. The Hall–Kier alpha value is -1.51. The largest absolute Gasteiger partial charge is 0.414 e. The highest BCUT2D eigenvalue weighted by atomic mass is 16.6. The monoisotopic (exact) mass is 219 g/mol. The predicted molar refractivity (Wildman–Crippen MR) is 62.8 cm³/mol. The lowest BCUT2D eigenvalue weighted by Crippen LogP contribution is -2.25. The summed E-state index contributed by atoms with van der Waals surface area (Å²) in [7, 11) is 3.36. The van der Waals surface area contributed by atoms with Crippen LogP contribution < -0.4 is 4.74 Å². The second kappa shape index (κ2) is 4.56. The summed E-state index contributed by atoms with van der Waals surface area (Å²) < 4.78 is 5.23. The molecule has 0 unspecified atom stereocenters. The van der Waals surface area contributed by atoms with Gasteiger partial charge in [-0.25, -0.2) is 4.79 Å². The lowest BCUT2D eigenvalue weighted by molar-refractivity contribution is 0.172. The number of amides is 1. The quantitative estimate of drug-likeness (QED) is 0.726. The molecule has 0 fully saturated rings. The molecule has 0 spiro atoms. The van der Waals surface area contributed by atoms with Crippen molar-refractivity contribution >= 4 is 6.09 Å². The van der Waals surface area contributed by atoms with E-state index in [0.717, 1.165) is 12.8 Å². The topological polar surface area (TPSA) is 29.5 Å². The molecule has 0 heterocycles. The van der Waals surface area contributed by atoms with E-state index in [0.29, 0.717) is 5.75 Å². The third-order valence-corrected chi connectivity index (χ3v) is 2.89. The van der Waals surface area contributed by atoms with Gasteiger partial charge in [-0.3, -0.25) is 0 Å². The molecule has 2 rings (SSSR count). The molecule has 0 aromatic heterocycles. The maximum atomic E-state index is 11.4. The van der Waals surface area contributed by atoms with E-state index in [2.05, 4.69) is 6.07 Å². The number of hydrogen-bond donors (Lipinski definition) is 0. The number of fused-ring (bicyclic) bond motifs is 1. The maximum Gasteiger partial charge on any atom is 0.414 e. The molecule has 3 heteroatoms. The Labute approximate surface area is 96.0 Å². The van der Waals surface area contributed by atoms with Crippen molar-refractivity contribution < 1.29 is 9.53 Å². The van der Waals surface area contributed by atoms with Crippen LogP contribution in [0.25, 0.3) is 0 Å². The summed E-state index contributed by atoms with van der Waals surface area (Å²) in [6.45, 7) is 0. The van der Waals surface area contributed by atoms with Gasteiger partial charge in [-0.2, -0.15) is 0 Å². The van der Waals surface area contributed by atoms with Gasteiger partial charge in [0.05, 0.1) is 0 Å². The lowest BCUT2D eigenvalue weighted by Gasteiger charge is -2.17. The van der Waals surface area contributed by atoms with E-state index < -0.39 is 0 Å². The van der Waals surface area contributed by atoms with E-state index >= 15 is 0 Å². The molecule has 0 aliphatic heterocycles. The van der Waals surface area contributed by atoms with Crippen LogP contribution in [-0.4, -0.2) is 25.1 Å². The Morgan fingerprint density at radius 2 is 1.88 bits per heavy atom. The molecule has 1 aromatic rings. The van der Waals surface area contributed by atoms with Crippen molar-refractivity contribution in [3.8, 4) is 5.75 Å². The van der Waals surface area contributed by atoms with Crippen LogP contribution in [0.1, 0.15) is 24.0 Å². The Morgan fingerprint density at radius 1 is 1.19 bits per heavy atom. The highest BCUT2D eigenvalue weighted by Gasteiger charge is 2.12. The average Bonchev–Trinajstić information content (AvgIpc) is 2.28. The third-order valence-electron chi connectivity index (χ3n) is 2.89. The van der Waals surface area contributed by atoms with Gasteiger partial charge >= 0.3 is 6.09 Å². The maximum absolute atomic E-state index is 11.4. The van der Waals surface area contributed by atoms with E-state index in [1.807, 2.05) is 12.1 Å². The molecule has 86 valence electrons. The smallest absolute Gasteiger partial charge is 0.410 e. The van der Waals surface area contributed by atoms with Crippen LogP contribution in [-0.2, 0) is 12.8 Å². The molecule has 0 saturated heterocycles. The Balaban J connectivity index is 2.14. The van der Waals surface area contributed by atoms with E-state index in [1.165, 1.54) is 28.9 Å². The first kappa shape index (κ1) is 11.0. The molecule has 1 aliphatic rings. The summed E-state index contributed by atoms with van der Waals surface area (Å²) in [5.41, 5.74) is 2.73. The van der Waals surface area contributed by atoms with Crippen LogP contribution in [0.15, 0.2) is 18.2 Å². The number of ether oxygens (including phenoxy) is 1. The highest BCUT2D eigenvalue weighted by molar-refractivity contribution is 5.70. The fraction of sp³-hybridized carbons (Fsp3) is 0.462. The van der Waals surface area contributed by atoms with Crippen molar-refractivity contribution in [1.29, 1.82) is 0 Å². The van der Waals surface area contributed by atoms with Crippen LogP contribution in [0, 0.1) is 0 Å². The van der Waals surface area contributed by atoms with Crippen LogP contribution >= 0.6 is 0 Å². The van der Waals surface area contributed by atoms with Gasteiger partial charge in [0.25, 0.3) is 0 Å². The van der Waals surface area contributed by atoms with Crippen molar-refractivity contribution in [2.45, 2.75) is 25.7 Å². The number of rotatable bonds is 1. The predicted octanol–water partition coefficient (Wildman–Crippen LogP) is 2.63. The first-order valence-corrected chi connectivity index (χ1v) is 5.68. The summed E-state index contributed by atoms with van der Waals surface area (Å²) in [4.78, 5) is 12.8. The third kappa shape index (κ3) is 2.35. The number of aryl methyl sites for hydroxylation is 2. The molecule has 1 amide bonds. The van der Waals surface area contributed by atoms with Gasteiger partial charge in [0.15, 0.2) is 0 Å². The van der Waals surface area contributed by atoms with Crippen molar-refractivity contribution in [3.05, 3.63) is 29.3 Å². The Morgan fingerprint density at radius 3 is 2.56 bits per heavy atom. The molecule has 0 atom stereocenters. The molecular weight excluding hydrogens is 202 g/mol. The van der Waals surface area contributed by atoms with Crippen molar-refractivity contribution in [3.63, 3.8) is 0 Å². The van der Waals surface area contributed by atoms with Gasteiger partial charge in [0.1, 0.15) is 5.75 Å². The van der Waals surface area contributed by atoms with Crippen LogP contribution in [0.2, 0.25) is 0 Å². The molecule has 16 heavy (non-hydrogen) atoms. The minimum absolute atomic E-state index is 0.323. The number of carbonyl (C=O) groups is 1. The summed E-state index contributed by atoms with van der Waals surface area (Å²) in [5, 5.41) is 0. The molecular formula is C13H17NO2. The molecule has 1 aromatic carbocycles. The summed E-state index contributed by atoms with van der Waals surface area (Å²) in [6.07, 6.45) is 4.43. The zero-order chi connectivity index (χ0) is 11.5. The van der Waals surface area contributed by atoms with E-state index in [1.54, 1.807) is 14.1 Å². The Kier molecular flexibility index (Phi) is 3.13. The first-order valence-electron chi connectivity index (χ1n) is 5.68. The Bertz CT molecular complexity index is 399. The molecule has 0 bridgehead atoms. The average molecular weight is 219 g/mol. The second-order valence-electron chi connectivity index (χ2n) is 4.40. The van der Waals surface area contributed by atoms with Crippen molar-refractivity contribution in [2.75, 3.05) is 14.1 Å². The van der Waals surface area contributed by atoms with Crippen LogP contribution in [0.3, 0.4) is 0 Å². The summed E-state index contributed by atoms with van der Waals surface area (Å²) >= 11 is 0. The number of benzene rings is 1. The second-order valence-corrected chi connectivity index (χ2v) is 4.40. The van der Waals surface area contributed by atoms with E-state index in [-0.39, 0.29) is 6.09 Å². The van der Waals surface area contributed by atoms with Gasteiger partial charge in [0.2, 0.25) is 0 Å². The lowest BCUT2D eigenvalue weighted by atomic mass is 9.92. The highest BCUT2D eigenvalue weighted by Crippen LogP contribution is 2.25. The van der Waals surface area contributed by atoms with Crippen LogP contribution in [0.5, 0.6) is 5.75 Å². The van der Waals surface area contributed by atoms with Crippen molar-refractivity contribution in [2.24, 2.45) is 0 Å². The number of hydrogen-bond acceptors (Lipinski definition) is 2. The molecule has 1 aliphatic carbocycles. The zero-order valence-corrected chi connectivity index (χ0v) is 9.82.